The number of nitrogens with two attached hydrogens (primary N) is 1. The Morgan fingerprint density at radius 3 is 2.46 bits per heavy atom. The lowest BCUT2D eigenvalue weighted by Crippen LogP contribution is -2.62. The predicted octanol–water partition coefficient (Wildman–Crippen LogP) is 4.55. The van der Waals surface area contributed by atoms with Crippen LogP contribution in [-0.4, -0.2) is 18.5 Å². The molecule has 1 unspecified atom stereocenters. The Bertz CT molecular complexity index is 740. The number of carbonyl (C=O) groups is 1. The zero-order chi connectivity index (χ0) is 19.4. The van der Waals surface area contributed by atoms with E-state index in [-0.39, 0.29) is 10.8 Å². The van der Waals surface area contributed by atoms with Crippen LogP contribution in [-0.2, 0) is 10.2 Å². The van der Waals surface area contributed by atoms with Crippen LogP contribution in [0, 0.1) is 22.7 Å². The van der Waals surface area contributed by atoms with Crippen molar-refractivity contribution >= 4 is 5.91 Å². The number of carbonyl (C=O) groups excluding carboxylic acids is 1. The lowest BCUT2D eigenvalue weighted by Gasteiger charge is -2.65. The molecule has 0 heterocycles. The highest BCUT2D eigenvalue weighted by atomic mass is 16.2. The Morgan fingerprint density at radius 1 is 1.04 bits per heavy atom. The van der Waals surface area contributed by atoms with Gasteiger partial charge in [-0.3, -0.25) is 4.79 Å². The van der Waals surface area contributed by atoms with E-state index in [0.717, 1.165) is 38.6 Å². The molecular formula is C25H36N2O. The van der Waals surface area contributed by atoms with Gasteiger partial charge in [0.1, 0.15) is 0 Å². The van der Waals surface area contributed by atoms with Crippen LogP contribution in [0.3, 0.4) is 0 Å². The SMILES string of the molecule is C[C@]12CC3C[C@@](C(=O)N[C@H]4CC[C@@H](CN)CC4)(C1)C[C@@](c1ccccc1)(C3)C2. The summed E-state index contributed by atoms with van der Waals surface area (Å²) >= 11 is 0. The molecule has 5 aliphatic carbocycles. The fourth-order valence-corrected chi connectivity index (χ4v) is 8.17. The van der Waals surface area contributed by atoms with Crippen molar-refractivity contribution < 1.29 is 4.79 Å². The van der Waals surface area contributed by atoms with Crippen LogP contribution in [0.25, 0.3) is 0 Å². The fraction of sp³-hybridized carbons (Fsp3) is 0.720. The number of hydrogen-bond donors (Lipinski definition) is 2. The van der Waals surface area contributed by atoms with Gasteiger partial charge in [-0.15, -0.1) is 0 Å². The van der Waals surface area contributed by atoms with E-state index in [1.54, 1.807) is 0 Å². The first-order valence-electron chi connectivity index (χ1n) is 11.5. The monoisotopic (exact) mass is 380 g/mol. The van der Waals surface area contributed by atoms with Crippen molar-refractivity contribution in [2.24, 2.45) is 28.4 Å². The molecule has 3 heteroatoms. The topological polar surface area (TPSA) is 55.1 Å². The number of benzene rings is 1. The zero-order valence-electron chi connectivity index (χ0n) is 17.4. The van der Waals surface area contributed by atoms with E-state index in [1.165, 1.54) is 37.7 Å². The molecule has 1 aromatic carbocycles. The largest absolute Gasteiger partial charge is 0.353 e. The van der Waals surface area contributed by atoms with Crippen molar-refractivity contribution in [1.29, 1.82) is 0 Å². The third-order valence-corrected chi connectivity index (χ3v) is 8.73. The molecule has 5 saturated carbocycles. The maximum absolute atomic E-state index is 13.7. The summed E-state index contributed by atoms with van der Waals surface area (Å²) in [6, 6.07) is 11.5. The summed E-state index contributed by atoms with van der Waals surface area (Å²) in [6.07, 6.45) is 11.7. The summed E-state index contributed by atoms with van der Waals surface area (Å²) in [5.74, 6) is 1.74. The highest BCUT2D eigenvalue weighted by Gasteiger charge is 2.64. The molecular weight excluding hydrogens is 344 g/mol. The van der Waals surface area contributed by atoms with E-state index in [1.807, 2.05) is 0 Å². The van der Waals surface area contributed by atoms with E-state index in [0.29, 0.717) is 29.2 Å². The molecule has 0 aromatic heterocycles. The third kappa shape index (κ3) is 3.01. The first-order chi connectivity index (χ1) is 13.4. The van der Waals surface area contributed by atoms with Gasteiger partial charge in [0.05, 0.1) is 5.41 Å². The van der Waals surface area contributed by atoms with Crippen LogP contribution >= 0.6 is 0 Å². The van der Waals surface area contributed by atoms with Gasteiger partial charge in [-0.1, -0.05) is 37.3 Å². The average Bonchev–Trinajstić information content (AvgIpc) is 2.67. The van der Waals surface area contributed by atoms with Gasteiger partial charge in [-0.2, -0.15) is 0 Å². The van der Waals surface area contributed by atoms with E-state index >= 15 is 0 Å². The molecule has 3 N–H and O–H groups in total. The zero-order valence-corrected chi connectivity index (χ0v) is 17.4. The van der Waals surface area contributed by atoms with Crippen LogP contribution in [0.4, 0.5) is 0 Å². The maximum atomic E-state index is 13.7. The molecule has 6 rings (SSSR count). The van der Waals surface area contributed by atoms with Gasteiger partial charge in [0.25, 0.3) is 0 Å². The molecule has 3 nitrogen and oxygen atoms in total. The van der Waals surface area contributed by atoms with E-state index < -0.39 is 0 Å². The first kappa shape index (κ1) is 18.7. The molecule has 152 valence electrons. The Morgan fingerprint density at radius 2 is 1.79 bits per heavy atom. The predicted molar refractivity (Wildman–Crippen MR) is 113 cm³/mol. The van der Waals surface area contributed by atoms with Gasteiger partial charge < -0.3 is 11.1 Å². The Hall–Kier alpha value is -1.35. The average molecular weight is 381 g/mol. The second-order valence-corrected chi connectivity index (χ2v) is 11.2. The lowest BCUT2D eigenvalue weighted by molar-refractivity contribution is -0.161. The molecule has 5 fully saturated rings. The highest BCUT2D eigenvalue weighted by molar-refractivity contribution is 5.84. The molecule has 5 aliphatic rings. The first-order valence-corrected chi connectivity index (χ1v) is 11.5. The van der Waals surface area contributed by atoms with E-state index in [4.69, 9.17) is 5.73 Å². The van der Waals surface area contributed by atoms with Crippen molar-refractivity contribution in [3.8, 4) is 0 Å². The third-order valence-electron chi connectivity index (χ3n) is 8.73. The number of rotatable bonds is 4. The summed E-state index contributed by atoms with van der Waals surface area (Å²) in [7, 11) is 0. The molecule has 1 amide bonds. The summed E-state index contributed by atoms with van der Waals surface area (Å²) in [5.41, 5.74) is 7.72. The van der Waals surface area contributed by atoms with Gasteiger partial charge in [-0.05, 0) is 99.0 Å². The van der Waals surface area contributed by atoms with E-state index in [2.05, 4.69) is 42.6 Å². The van der Waals surface area contributed by atoms with Crippen LogP contribution in [0.2, 0.25) is 0 Å². The van der Waals surface area contributed by atoms with Crippen LogP contribution in [0.15, 0.2) is 30.3 Å². The van der Waals surface area contributed by atoms with E-state index in [9.17, 15) is 4.79 Å². The molecule has 28 heavy (non-hydrogen) atoms. The Balaban J connectivity index is 1.39. The number of amides is 1. The van der Waals surface area contributed by atoms with Crippen LogP contribution < -0.4 is 11.1 Å². The summed E-state index contributed by atoms with van der Waals surface area (Å²) in [5, 5.41) is 3.53. The molecule has 0 radical (unpaired) electrons. The molecule has 1 aromatic rings. The summed E-state index contributed by atoms with van der Waals surface area (Å²) < 4.78 is 0. The van der Waals surface area contributed by atoms with Crippen molar-refractivity contribution in [2.75, 3.05) is 6.54 Å². The molecule has 0 aliphatic heterocycles. The van der Waals surface area contributed by atoms with Gasteiger partial charge >= 0.3 is 0 Å². The number of nitrogens with one attached hydrogen (secondary N) is 1. The minimum atomic E-state index is -0.144. The van der Waals surface area contributed by atoms with Crippen molar-refractivity contribution in [3.05, 3.63) is 35.9 Å². The van der Waals surface area contributed by atoms with Gasteiger partial charge in [-0.25, -0.2) is 0 Å². The maximum Gasteiger partial charge on any atom is 0.226 e. The highest BCUT2D eigenvalue weighted by Crippen LogP contribution is 2.70. The van der Waals surface area contributed by atoms with Crippen molar-refractivity contribution in [1.82, 2.24) is 5.32 Å². The van der Waals surface area contributed by atoms with Gasteiger partial charge in [0.2, 0.25) is 5.91 Å². The van der Waals surface area contributed by atoms with Crippen LogP contribution in [0.1, 0.15) is 76.7 Å². The molecule has 4 bridgehead atoms. The fourth-order valence-electron chi connectivity index (χ4n) is 8.17. The standard InChI is InChI=1S/C25H36N2O/c1-23-11-19-12-24(15-23,20-5-3-2-4-6-20)17-25(13-19,16-23)22(28)27-21-9-7-18(14-26)8-10-21/h2-6,18-19,21H,7-17,26H2,1H3,(H,27,28)/t18-,19?,21+,23-,24-,25-/m1/s1. The summed E-state index contributed by atoms with van der Waals surface area (Å²) in [4.78, 5) is 13.7. The summed E-state index contributed by atoms with van der Waals surface area (Å²) in [6.45, 7) is 3.26. The van der Waals surface area contributed by atoms with Gasteiger partial charge in [0, 0.05) is 6.04 Å². The molecule has 4 atom stereocenters. The molecule has 0 saturated heterocycles. The smallest absolute Gasteiger partial charge is 0.226 e. The van der Waals surface area contributed by atoms with Crippen molar-refractivity contribution in [3.63, 3.8) is 0 Å². The normalized spacial score (nSPS) is 44.4. The van der Waals surface area contributed by atoms with Gasteiger partial charge in [0.15, 0.2) is 0 Å². The van der Waals surface area contributed by atoms with Crippen molar-refractivity contribution in [2.45, 2.75) is 82.6 Å². The minimum Gasteiger partial charge on any atom is -0.353 e. The van der Waals surface area contributed by atoms with Crippen LogP contribution in [0.5, 0.6) is 0 Å². The quantitative estimate of drug-likeness (QED) is 0.805. The second kappa shape index (κ2) is 6.58. The molecule has 0 spiro atoms. The number of hydrogen-bond acceptors (Lipinski definition) is 2. The second-order valence-electron chi connectivity index (χ2n) is 11.2. The lowest BCUT2D eigenvalue weighted by atomic mass is 9.38. The minimum absolute atomic E-state index is 0.144. The Kier molecular flexibility index (Phi) is 4.39. The Labute approximate surface area is 169 Å².